The van der Waals surface area contributed by atoms with E-state index in [9.17, 15) is 14.0 Å². The number of ketones is 1. The molecule has 1 N–H and O–H groups in total. The lowest BCUT2D eigenvalue weighted by atomic mass is 10.0. The molecule has 0 amide bonds. The molecule has 1 aromatic heterocycles. The number of rotatable bonds is 11. The summed E-state index contributed by atoms with van der Waals surface area (Å²) in [5, 5.41) is 9.92. The average molecular weight is 463 g/mol. The van der Waals surface area contributed by atoms with Gasteiger partial charge >= 0.3 is 5.97 Å². The van der Waals surface area contributed by atoms with Crippen LogP contribution in [0.15, 0.2) is 12.1 Å². The first-order valence-electron chi connectivity index (χ1n) is 8.21. The Morgan fingerprint density at radius 2 is 2.07 bits per heavy atom. The molecular weight excluding hydrogens is 443 g/mol. The zero-order valence-electron chi connectivity index (χ0n) is 14.9. The van der Waals surface area contributed by atoms with Gasteiger partial charge in [0.05, 0.1) is 17.4 Å². The highest BCUT2D eigenvalue weighted by molar-refractivity contribution is 9.09. The van der Waals surface area contributed by atoms with Gasteiger partial charge in [-0.1, -0.05) is 22.9 Å². The van der Waals surface area contributed by atoms with Gasteiger partial charge in [-0.05, 0) is 12.5 Å². The molecule has 27 heavy (non-hydrogen) atoms. The van der Waals surface area contributed by atoms with Crippen LogP contribution in [0.1, 0.15) is 29.4 Å². The smallest absolute Gasteiger partial charge is 0.306 e. The molecule has 0 unspecified atom stereocenters. The van der Waals surface area contributed by atoms with Crippen LogP contribution in [-0.4, -0.2) is 42.7 Å². The van der Waals surface area contributed by atoms with E-state index in [2.05, 4.69) is 15.9 Å². The first kappa shape index (κ1) is 21.6. The molecule has 0 aliphatic heterocycles. The summed E-state index contributed by atoms with van der Waals surface area (Å²) in [7, 11) is 1.45. The molecule has 0 aliphatic rings. The van der Waals surface area contributed by atoms with E-state index < -0.39 is 17.7 Å². The van der Waals surface area contributed by atoms with Gasteiger partial charge in [0, 0.05) is 35.0 Å². The quantitative estimate of drug-likeness (QED) is 0.229. The van der Waals surface area contributed by atoms with Gasteiger partial charge in [0.25, 0.3) is 0 Å². The number of carbonyl (C=O) groups excluding carboxylic acids is 1. The number of carboxylic acid groups (broad SMARTS) is 1. The lowest BCUT2D eigenvalue weighted by molar-refractivity contribution is -0.141. The molecule has 148 valence electrons. The third-order valence-corrected chi connectivity index (χ3v) is 5.41. The van der Waals surface area contributed by atoms with Crippen molar-refractivity contribution < 1.29 is 33.3 Å². The molecule has 9 heteroatoms. The van der Waals surface area contributed by atoms with Gasteiger partial charge < -0.3 is 19.3 Å². The van der Waals surface area contributed by atoms with Crippen LogP contribution in [0.4, 0.5) is 4.39 Å². The zero-order chi connectivity index (χ0) is 20.0. The summed E-state index contributed by atoms with van der Waals surface area (Å²) in [6, 6.07) is 3.03. The van der Waals surface area contributed by atoms with Crippen molar-refractivity contribution in [3.8, 4) is 11.5 Å². The Morgan fingerprint density at radius 1 is 1.33 bits per heavy atom. The predicted octanol–water partition coefficient (Wildman–Crippen LogP) is 4.48. The summed E-state index contributed by atoms with van der Waals surface area (Å²) < 4.78 is 31.3. The summed E-state index contributed by atoms with van der Waals surface area (Å²) in [5.41, 5.74) is 0. The van der Waals surface area contributed by atoms with Crippen LogP contribution < -0.4 is 9.47 Å². The van der Waals surface area contributed by atoms with Crippen molar-refractivity contribution in [2.24, 2.45) is 5.92 Å². The summed E-state index contributed by atoms with van der Waals surface area (Å²) in [5.74, 6) is -2.65. The number of halogens is 2. The average Bonchev–Trinajstić information content (AvgIpc) is 3.06. The van der Waals surface area contributed by atoms with E-state index in [0.29, 0.717) is 27.9 Å². The summed E-state index contributed by atoms with van der Waals surface area (Å²) in [4.78, 5) is 23.6. The van der Waals surface area contributed by atoms with Crippen LogP contribution in [0, 0.1) is 11.7 Å². The van der Waals surface area contributed by atoms with Crippen LogP contribution in [0.5, 0.6) is 11.5 Å². The second-order valence-electron chi connectivity index (χ2n) is 5.85. The van der Waals surface area contributed by atoms with Gasteiger partial charge in [-0.2, -0.15) is 0 Å². The van der Waals surface area contributed by atoms with Crippen molar-refractivity contribution in [3.63, 3.8) is 0 Å². The Labute approximate surface area is 168 Å². The fourth-order valence-corrected chi connectivity index (χ4v) is 3.56. The Hall–Kier alpha value is -1.71. The fraction of sp³-hybridized carbons (Fsp3) is 0.444. The second-order valence-corrected chi connectivity index (χ2v) is 7.73. The number of benzene rings is 1. The lowest BCUT2D eigenvalue weighted by Gasteiger charge is -2.13. The molecule has 6 nitrogen and oxygen atoms in total. The molecule has 0 radical (unpaired) electrons. The van der Waals surface area contributed by atoms with Crippen molar-refractivity contribution >= 4 is 49.1 Å². The molecule has 2 aromatic rings. The minimum atomic E-state index is -1.05. The van der Waals surface area contributed by atoms with Crippen molar-refractivity contribution in [1.29, 1.82) is 0 Å². The molecule has 0 spiro atoms. The maximum atomic E-state index is 15.0. The first-order chi connectivity index (χ1) is 12.9. The number of hydrogen-bond donors (Lipinski definition) is 1. The van der Waals surface area contributed by atoms with Crippen LogP contribution in [-0.2, 0) is 9.53 Å². The number of carboxylic acids is 1. The maximum absolute atomic E-state index is 15.0. The molecule has 0 fully saturated rings. The molecule has 0 bridgehead atoms. The number of methoxy groups -OCH3 is 1. The predicted molar refractivity (Wildman–Crippen MR) is 104 cm³/mol. The summed E-state index contributed by atoms with van der Waals surface area (Å²) in [6.45, 7) is 1.68. The Morgan fingerprint density at radius 3 is 2.70 bits per heavy atom. The third kappa shape index (κ3) is 5.40. The minimum absolute atomic E-state index is 0.0313. The molecule has 1 aromatic carbocycles. The topological polar surface area (TPSA) is 82.1 Å². The van der Waals surface area contributed by atoms with Crippen molar-refractivity contribution in [2.75, 3.05) is 25.8 Å². The van der Waals surface area contributed by atoms with Crippen molar-refractivity contribution in [3.05, 3.63) is 22.8 Å². The fourth-order valence-electron chi connectivity index (χ4n) is 2.30. The second kappa shape index (κ2) is 10.0. The van der Waals surface area contributed by atoms with Gasteiger partial charge in [0.15, 0.2) is 29.9 Å². The zero-order valence-corrected chi connectivity index (χ0v) is 17.3. The number of Topliss-reactive ketones (excluding diaryl/α,β-unsaturated/α-hetero) is 1. The van der Waals surface area contributed by atoms with Crippen LogP contribution in [0.25, 0.3) is 10.1 Å². The normalized spacial score (nSPS) is 12.1. The molecule has 0 saturated heterocycles. The van der Waals surface area contributed by atoms with E-state index in [1.54, 1.807) is 6.07 Å². The highest BCUT2D eigenvalue weighted by atomic mass is 79.9. The van der Waals surface area contributed by atoms with E-state index >= 15 is 0 Å². The number of aliphatic carboxylic acids is 1. The van der Waals surface area contributed by atoms with Crippen LogP contribution in [0.2, 0.25) is 0 Å². The monoisotopic (exact) mass is 462 g/mol. The van der Waals surface area contributed by atoms with Crippen LogP contribution in [0.3, 0.4) is 0 Å². The summed E-state index contributed by atoms with van der Waals surface area (Å²) >= 11 is 4.38. The molecule has 1 heterocycles. The molecule has 0 saturated carbocycles. The van der Waals surface area contributed by atoms with Gasteiger partial charge in [-0.15, -0.1) is 11.3 Å². The Balaban J connectivity index is 2.39. The number of hydrogen-bond acceptors (Lipinski definition) is 6. The number of ether oxygens (including phenoxy) is 3. The number of carbonyl (C=O) groups is 2. The largest absolute Gasteiger partial charge is 0.487 e. The highest BCUT2D eigenvalue weighted by Gasteiger charge is 2.23. The molecular formula is C18H20BrFO6S. The molecule has 0 aliphatic carbocycles. The molecule has 1 atom stereocenters. The number of fused-ring (bicyclic) bond motifs is 1. The van der Waals surface area contributed by atoms with Gasteiger partial charge in [-0.25, -0.2) is 4.39 Å². The van der Waals surface area contributed by atoms with E-state index in [1.807, 2.05) is 0 Å². The first-order valence-corrected chi connectivity index (χ1v) is 10.1. The van der Waals surface area contributed by atoms with Gasteiger partial charge in [0.1, 0.15) is 0 Å². The van der Waals surface area contributed by atoms with E-state index in [0.717, 1.165) is 11.3 Å². The standard InChI is InChI=1S/C18H20BrFO6S/c1-10(18(22)23)6-12(21)15-7-11-14(27-15)8-13(26-9-24-2)17(16(11)20)25-5-3-4-19/h7-8,10H,3-6,9H2,1-2H3,(H,22,23)/t10-/m0/s1. The number of alkyl halides is 1. The van der Waals surface area contributed by atoms with Gasteiger partial charge in [0.2, 0.25) is 0 Å². The van der Waals surface area contributed by atoms with E-state index in [4.69, 9.17) is 19.3 Å². The maximum Gasteiger partial charge on any atom is 0.306 e. The highest BCUT2D eigenvalue weighted by Crippen LogP contribution is 2.40. The summed E-state index contributed by atoms with van der Waals surface area (Å²) in [6.07, 6.45) is 0.535. The third-order valence-electron chi connectivity index (χ3n) is 3.73. The van der Waals surface area contributed by atoms with E-state index in [-0.39, 0.29) is 35.9 Å². The van der Waals surface area contributed by atoms with Gasteiger partial charge in [-0.3, -0.25) is 9.59 Å². The SMILES string of the molecule is COCOc1cc2sc(C(=O)C[C@H](C)C(=O)O)cc2c(F)c1OCCCBr. The van der Waals surface area contributed by atoms with Crippen molar-refractivity contribution in [1.82, 2.24) is 0 Å². The molecule has 2 rings (SSSR count). The van der Waals surface area contributed by atoms with E-state index in [1.165, 1.54) is 20.1 Å². The van der Waals surface area contributed by atoms with Crippen LogP contribution >= 0.6 is 27.3 Å². The Kier molecular flexibility index (Phi) is 8.00. The lowest BCUT2D eigenvalue weighted by Crippen LogP contribution is -2.13. The Bertz CT molecular complexity index is 822. The van der Waals surface area contributed by atoms with Crippen molar-refractivity contribution in [2.45, 2.75) is 19.8 Å². The number of thiophene rings is 1. The minimum Gasteiger partial charge on any atom is -0.487 e.